The van der Waals surface area contributed by atoms with Crippen LogP contribution in [0.3, 0.4) is 0 Å². The largest absolute Gasteiger partial charge is 0.497 e. The summed E-state index contributed by atoms with van der Waals surface area (Å²) in [4.78, 5) is 12.0. The van der Waals surface area contributed by atoms with Crippen LogP contribution in [0.2, 0.25) is 0 Å². The van der Waals surface area contributed by atoms with Crippen LogP contribution in [0, 0.1) is 0 Å². The fraction of sp³-hybridized carbons (Fsp3) is 0.211. The zero-order valence-corrected chi connectivity index (χ0v) is 17.9. The number of nitrogens with one attached hydrogen (secondary N) is 2. The fourth-order valence-electron chi connectivity index (χ4n) is 2.40. The number of amides is 1. The molecule has 0 aliphatic rings. The SMILES string of the molecule is COc1ccc(CNC(=O)CSc2nnc(-c3ccc(NS(C)(=O)=O)cc3)o2)cc1. The molecule has 1 amide bonds. The summed E-state index contributed by atoms with van der Waals surface area (Å²) < 4.78 is 35.5. The molecule has 3 rings (SSSR count). The Balaban J connectivity index is 1.49. The fourth-order valence-corrected chi connectivity index (χ4v) is 3.56. The lowest BCUT2D eigenvalue weighted by molar-refractivity contribution is -0.118. The van der Waals surface area contributed by atoms with Gasteiger partial charge in [0.2, 0.25) is 21.8 Å². The van der Waals surface area contributed by atoms with Crippen molar-refractivity contribution in [1.82, 2.24) is 15.5 Å². The molecule has 0 unspecified atom stereocenters. The molecule has 0 aliphatic heterocycles. The van der Waals surface area contributed by atoms with Crippen molar-refractivity contribution in [3.63, 3.8) is 0 Å². The second-order valence-electron chi connectivity index (χ2n) is 6.24. The Bertz CT molecular complexity index is 1100. The van der Waals surface area contributed by atoms with Gasteiger partial charge in [0, 0.05) is 17.8 Å². The first-order chi connectivity index (χ1) is 14.3. The molecule has 0 radical (unpaired) electrons. The van der Waals surface area contributed by atoms with E-state index in [2.05, 4.69) is 20.2 Å². The smallest absolute Gasteiger partial charge is 0.277 e. The minimum atomic E-state index is -3.34. The second kappa shape index (κ2) is 9.63. The number of anilines is 1. The maximum atomic E-state index is 12.0. The molecular formula is C19H20N4O5S2. The highest BCUT2D eigenvalue weighted by molar-refractivity contribution is 7.99. The highest BCUT2D eigenvalue weighted by Gasteiger charge is 2.12. The number of hydrogen-bond acceptors (Lipinski definition) is 8. The molecule has 158 valence electrons. The van der Waals surface area contributed by atoms with Crippen LogP contribution in [-0.4, -0.2) is 43.6 Å². The maximum absolute atomic E-state index is 12.0. The number of methoxy groups -OCH3 is 1. The van der Waals surface area contributed by atoms with Gasteiger partial charge in [0.1, 0.15) is 5.75 Å². The van der Waals surface area contributed by atoms with E-state index in [-0.39, 0.29) is 22.8 Å². The van der Waals surface area contributed by atoms with Crippen LogP contribution >= 0.6 is 11.8 Å². The molecule has 3 aromatic rings. The van der Waals surface area contributed by atoms with Crippen LogP contribution in [0.4, 0.5) is 5.69 Å². The van der Waals surface area contributed by atoms with Crippen LogP contribution in [-0.2, 0) is 21.4 Å². The molecular weight excluding hydrogens is 428 g/mol. The molecule has 2 N–H and O–H groups in total. The average Bonchev–Trinajstić information content (AvgIpc) is 3.19. The van der Waals surface area contributed by atoms with E-state index >= 15 is 0 Å². The van der Waals surface area contributed by atoms with E-state index in [1.807, 2.05) is 24.3 Å². The maximum Gasteiger partial charge on any atom is 0.277 e. The van der Waals surface area contributed by atoms with Gasteiger partial charge in [-0.1, -0.05) is 23.9 Å². The number of thioether (sulfide) groups is 1. The first-order valence-corrected chi connectivity index (χ1v) is 11.6. The lowest BCUT2D eigenvalue weighted by Gasteiger charge is -2.05. The molecule has 30 heavy (non-hydrogen) atoms. The zero-order valence-electron chi connectivity index (χ0n) is 16.3. The van der Waals surface area contributed by atoms with Gasteiger partial charge in [-0.05, 0) is 42.0 Å². The lowest BCUT2D eigenvalue weighted by Crippen LogP contribution is -2.24. The van der Waals surface area contributed by atoms with E-state index in [9.17, 15) is 13.2 Å². The van der Waals surface area contributed by atoms with E-state index in [4.69, 9.17) is 9.15 Å². The van der Waals surface area contributed by atoms with Gasteiger partial charge in [-0.25, -0.2) is 8.42 Å². The van der Waals surface area contributed by atoms with Crippen LogP contribution in [0.15, 0.2) is 58.2 Å². The highest BCUT2D eigenvalue weighted by atomic mass is 32.2. The number of ether oxygens (including phenoxy) is 1. The number of nitrogens with zero attached hydrogens (tertiary/aromatic N) is 2. The van der Waals surface area contributed by atoms with Gasteiger partial charge in [0.15, 0.2) is 0 Å². The molecule has 2 aromatic carbocycles. The topological polar surface area (TPSA) is 123 Å². The van der Waals surface area contributed by atoms with Gasteiger partial charge >= 0.3 is 0 Å². The Hall–Kier alpha value is -3.05. The molecule has 0 atom stereocenters. The third-order valence-corrected chi connectivity index (χ3v) is 5.24. The molecule has 0 fully saturated rings. The normalized spacial score (nSPS) is 11.1. The van der Waals surface area contributed by atoms with Crippen molar-refractivity contribution in [2.24, 2.45) is 0 Å². The molecule has 0 bridgehead atoms. The number of sulfonamides is 1. The van der Waals surface area contributed by atoms with Crippen LogP contribution in [0.25, 0.3) is 11.5 Å². The van der Waals surface area contributed by atoms with Crippen molar-refractivity contribution < 1.29 is 22.4 Å². The summed E-state index contributed by atoms with van der Waals surface area (Å²) in [5.74, 6) is 1.01. The van der Waals surface area contributed by atoms with E-state index in [1.54, 1.807) is 31.4 Å². The summed E-state index contributed by atoms with van der Waals surface area (Å²) in [6, 6.07) is 14.0. The van der Waals surface area contributed by atoms with Crippen molar-refractivity contribution in [2.75, 3.05) is 23.8 Å². The minimum absolute atomic E-state index is 0.134. The molecule has 0 saturated heterocycles. The van der Waals surface area contributed by atoms with Gasteiger partial charge in [0.25, 0.3) is 5.22 Å². The van der Waals surface area contributed by atoms with Crippen molar-refractivity contribution in [3.05, 3.63) is 54.1 Å². The molecule has 0 spiro atoms. The molecule has 0 saturated carbocycles. The quantitative estimate of drug-likeness (QED) is 0.479. The predicted molar refractivity (Wildman–Crippen MR) is 114 cm³/mol. The van der Waals surface area contributed by atoms with E-state index < -0.39 is 10.0 Å². The molecule has 9 nitrogen and oxygen atoms in total. The van der Waals surface area contributed by atoms with Crippen molar-refractivity contribution in [2.45, 2.75) is 11.8 Å². The third kappa shape index (κ3) is 6.49. The van der Waals surface area contributed by atoms with Gasteiger partial charge in [-0.3, -0.25) is 9.52 Å². The Kier molecular flexibility index (Phi) is 6.95. The summed E-state index contributed by atoms with van der Waals surface area (Å²) in [5, 5.41) is 11.0. The first kappa shape index (κ1) is 21.7. The van der Waals surface area contributed by atoms with E-state index in [0.717, 1.165) is 29.3 Å². The van der Waals surface area contributed by atoms with Crippen LogP contribution in [0.5, 0.6) is 5.75 Å². The zero-order chi connectivity index (χ0) is 21.6. The van der Waals surface area contributed by atoms with Crippen LogP contribution < -0.4 is 14.8 Å². The van der Waals surface area contributed by atoms with Crippen molar-refractivity contribution >= 4 is 33.4 Å². The third-order valence-electron chi connectivity index (χ3n) is 3.82. The molecule has 1 aromatic heterocycles. The van der Waals surface area contributed by atoms with E-state index in [1.165, 1.54) is 0 Å². The summed E-state index contributed by atoms with van der Waals surface area (Å²) >= 11 is 1.13. The van der Waals surface area contributed by atoms with Gasteiger partial charge < -0.3 is 14.5 Å². The second-order valence-corrected chi connectivity index (χ2v) is 8.91. The number of carbonyl (C=O) groups excluding carboxylic acids is 1. The Morgan fingerprint density at radius 1 is 1.10 bits per heavy atom. The predicted octanol–water partition coefficient (Wildman–Crippen LogP) is 2.53. The Morgan fingerprint density at radius 3 is 2.43 bits per heavy atom. The number of carbonyl (C=O) groups is 1. The van der Waals surface area contributed by atoms with Crippen molar-refractivity contribution in [1.29, 1.82) is 0 Å². The molecule has 0 aliphatic carbocycles. The summed E-state index contributed by atoms with van der Waals surface area (Å²) in [7, 11) is -1.74. The minimum Gasteiger partial charge on any atom is -0.497 e. The molecule has 11 heteroatoms. The monoisotopic (exact) mass is 448 g/mol. The number of benzene rings is 2. The lowest BCUT2D eigenvalue weighted by atomic mass is 10.2. The van der Waals surface area contributed by atoms with Crippen molar-refractivity contribution in [3.8, 4) is 17.2 Å². The van der Waals surface area contributed by atoms with Gasteiger partial charge in [0.05, 0.1) is 19.1 Å². The summed E-state index contributed by atoms with van der Waals surface area (Å²) in [6.07, 6.45) is 1.08. The Labute approximate surface area is 178 Å². The van der Waals surface area contributed by atoms with Gasteiger partial charge in [-0.15, -0.1) is 10.2 Å². The average molecular weight is 449 g/mol. The summed E-state index contributed by atoms with van der Waals surface area (Å²) in [5.41, 5.74) is 2.03. The summed E-state index contributed by atoms with van der Waals surface area (Å²) in [6.45, 7) is 0.409. The molecule has 1 heterocycles. The standard InChI is InChI=1S/C19H20N4O5S2/c1-27-16-9-3-13(4-10-16)11-20-17(24)12-29-19-22-21-18(28-19)14-5-7-15(8-6-14)23-30(2,25)26/h3-10,23H,11-12H2,1-2H3,(H,20,24). The van der Waals surface area contributed by atoms with Gasteiger partial charge in [-0.2, -0.15) is 0 Å². The number of aromatic nitrogens is 2. The number of hydrogen-bond donors (Lipinski definition) is 2. The van der Waals surface area contributed by atoms with E-state index in [0.29, 0.717) is 17.8 Å². The van der Waals surface area contributed by atoms with Crippen LogP contribution in [0.1, 0.15) is 5.56 Å². The first-order valence-electron chi connectivity index (χ1n) is 8.76. The Morgan fingerprint density at radius 2 is 1.80 bits per heavy atom. The highest BCUT2D eigenvalue weighted by Crippen LogP contribution is 2.24. The number of rotatable bonds is 9.